The van der Waals surface area contributed by atoms with Crippen LogP contribution in [0.2, 0.25) is 0 Å². The molecule has 1 aliphatic rings. The lowest BCUT2D eigenvalue weighted by Crippen LogP contribution is -2.43. The van der Waals surface area contributed by atoms with E-state index < -0.39 is 23.0 Å². The monoisotopic (exact) mass is 439 g/mol. The first-order valence-corrected chi connectivity index (χ1v) is 11.3. The molecule has 170 valence electrons. The maximum atomic E-state index is 13.6. The molecule has 0 radical (unpaired) electrons. The van der Waals surface area contributed by atoms with E-state index in [4.69, 9.17) is 0 Å². The third kappa shape index (κ3) is 5.52. The molecule has 0 bridgehead atoms. The highest BCUT2D eigenvalue weighted by molar-refractivity contribution is 5.83. The fraction of sp³-hybridized carbons (Fsp3) is 0.462. The van der Waals surface area contributed by atoms with Crippen molar-refractivity contribution in [1.29, 1.82) is 5.26 Å². The van der Waals surface area contributed by atoms with Gasteiger partial charge in [-0.2, -0.15) is 5.26 Å². The highest BCUT2D eigenvalue weighted by Gasteiger charge is 2.36. The van der Waals surface area contributed by atoms with Gasteiger partial charge in [0.05, 0.1) is 17.4 Å². The van der Waals surface area contributed by atoms with Crippen LogP contribution in [0.1, 0.15) is 50.2 Å². The standard InChI is InChI=1S/C26H31F2N3O/c1-19(2)24(20-9-10-22(27)23(28)17-20)25(32)30-13-6-14-31-15-11-26(18-29,12-16-31)21-7-4-3-5-8-21/h3-5,7-10,17,19,24H,6,11-16H2,1-2H3,(H,30,32). The molecule has 4 nitrogen and oxygen atoms in total. The maximum absolute atomic E-state index is 13.6. The van der Waals surface area contributed by atoms with Gasteiger partial charge >= 0.3 is 0 Å². The molecule has 3 rings (SSSR count). The minimum absolute atomic E-state index is 0.0425. The molecule has 0 saturated carbocycles. The van der Waals surface area contributed by atoms with E-state index in [0.717, 1.165) is 56.6 Å². The van der Waals surface area contributed by atoms with Crippen LogP contribution in [0.4, 0.5) is 8.78 Å². The summed E-state index contributed by atoms with van der Waals surface area (Å²) >= 11 is 0. The molecule has 1 atom stereocenters. The van der Waals surface area contributed by atoms with E-state index in [9.17, 15) is 18.8 Å². The van der Waals surface area contributed by atoms with Gasteiger partial charge in [0, 0.05) is 6.54 Å². The zero-order valence-electron chi connectivity index (χ0n) is 18.8. The number of carbonyl (C=O) groups excluding carboxylic acids is 1. The fourth-order valence-corrected chi connectivity index (χ4v) is 4.55. The normalized spacial score (nSPS) is 17.0. The molecule has 1 amide bonds. The largest absolute Gasteiger partial charge is 0.356 e. The Kier molecular flexibility index (Phi) is 7.98. The molecule has 32 heavy (non-hydrogen) atoms. The number of rotatable bonds is 8. The summed E-state index contributed by atoms with van der Waals surface area (Å²) in [5.74, 6) is -2.58. The number of halogens is 2. The number of hydrogen-bond donors (Lipinski definition) is 1. The fourth-order valence-electron chi connectivity index (χ4n) is 4.55. The lowest BCUT2D eigenvalue weighted by Gasteiger charge is -2.37. The van der Waals surface area contributed by atoms with Gasteiger partial charge in [-0.15, -0.1) is 0 Å². The van der Waals surface area contributed by atoms with Crippen LogP contribution >= 0.6 is 0 Å². The van der Waals surface area contributed by atoms with Crippen LogP contribution in [0.5, 0.6) is 0 Å². The third-order valence-corrected chi connectivity index (χ3v) is 6.45. The molecule has 1 unspecified atom stereocenters. The summed E-state index contributed by atoms with van der Waals surface area (Å²) in [6.45, 7) is 6.85. The number of nitriles is 1. The zero-order chi connectivity index (χ0) is 23.1. The predicted octanol–water partition coefficient (Wildman–Crippen LogP) is 4.77. The Bertz CT molecular complexity index is 947. The Morgan fingerprint density at radius 2 is 1.81 bits per heavy atom. The van der Waals surface area contributed by atoms with E-state index in [1.54, 1.807) is 0 Å². The van der Waals surface area contributed by atoms with Crippen molar-refractivity contribution in [3.05, 3.63) is 71.3 Å². The van der Waals surface area contributed by atoms with Gasteiger partial charge in [0.2, 0.25) is 5.91 Å². The van der Waals surface area contributed by atoms with Gasteiger partial charge in [-0.25, -0.2) is 8.78 Å². The Hall–Kier alpha value is -2.78. The third-order valence-electron chi connectivity index (χ3n) is 6.45. The molecule has 6 heteroatoms. The Morgan fingerprint density at radius 1 is 1.12 bits per heavy atom. The molecule has 1 heterocycles. The Balaban J connectivity index is 1.47. The molecular formula is C26H31F2N3O. The molecule has 0 aliphatic carbocycles. The van der Waals surface area contributed by atoms with Gasteiger partial charge in [-0.1, -0.05) is 50.2 Å². The second kappa shape index (κ2) is 10.7. The molecule has 1 fully saturated rings. The summed E-state index contributed by atoms with van der Waals surface area (Å²) in [6, 6.07) is 16.2. The first kappa shape index (κ1) is 23.9. The van der Waals surface area contributed by atoms with Gasteiger partial charge in [-0.05, 0) is 68.1 Å². The van der Waals surface area contributed by atoms with E-state index >= 15 is 0 Å². The number of nitrogens with zero attached hydrogens (tertiary/aromatic N) is 2. The van der Waals surface area contributed by atoms with Crippen molar-refractivity contribution < 1.29 is 13.6 Å². The summed E-state index contributed by atoms with van der Waals surface area (Å²) in [5, 5.41) is 12.8. The van der Waals surface area contributed by atoms with Crippen molar-refractivity contribution >= 4 is 5.91 Å². The molecule has 2 aromatic carbocycles. The van der Waals surface area contributed by atoms with E-state index in [2.05, 4.69) is 16.3 Å². The van der Waals surface area contributed by atoms with Crippen molar-refractivity contribution in [3.63, 3.8) is 0 Å². The second-order valence-electron chi connectivity index (χ2n) is 8.94. The summed E-state index contributed by atoms with van der Waals surface area (Å²) in [4.78, 5) is 15.1. The van der Waals surface area contributed by atoms with Gasteiger partial charge in [0.1, 0.15) is 0 Å². The van der Waals surface area contributed by atoms with Gasteiger partial charge in [0.25, 0.3) is 0 Å². The van der Waals surface area contributed by atoms with Crippen LogP contribution in [-0.2, 0) is 10.2 Å². The number of benzene rings is 2. The predicted molar refractivity (Wildman–Crippen MR) is 121 cm³/mol. The minimum Gasteiger partial charge on any atom is -0.356 e. The van der Waals surface area contributed by atoms with Crippen LogP contribution < -0.4 is 5.32 Å². The van der Waals surface area contributed by atoms with Crippen LogP contribution in [-0.4, -0.2) is 37.0 Å². The number of piperidine rings is 1. The number of likely N-dealkylation sites (tertiary alicyclic amines) is 1. The van der Waals surface area contributed by atoms with Crippen LogP contribution in [0.25, 0.3) is 0 Å². The maximum Gasteiger partial charge on any atom is 0.227 e. The highest BCUT2D eigenvalue weighted by Crippen LogP contribution is 2.34. The van der Waals surface area contributed by atoms with Crippen molar-refractivity contribution in [2.75, 3.05) is 26.2 Å². The summed E-state index contributed by atoms with van der Waals surface area (Å²) in [5.41, 5.74) is 1.16. The first-order chi connectivity index (χ1) is 15.4. The lowest BCUT2D eigenvalue weighted by atomic mass is 9.74. The number of nitrogens with one attached hydrogen (secondary N) is 1. The zero-order valence-corrected chi connectivity index (χ0v) is 18.8. The molecule has 0 spiro atoms. The number of carbonyl (C=O) groups is 1. The first-order valence-electron chi connectivity index (χ1n) is 11.3. The van der Waals surface area contributed by atoms with E-state index in [1.165, 1.54) is 6.07 Å². The van der Waals surface area contributed by atoms with Gasteiger partial charge in [0.15, 0.2) is 11.6 Å². The molecule has 1 N–H and O–H groups in total. The van der Waals surface area contributed by atoms with E-state index in [0.29, 0.717) is 12.1 Å². The lowest BCUT2D eigenvalue weighted by molar-refractivity contribution is -0.123. The molecule has 1 aliphatic heterocycles. The van der Waals surface area contributed by atoms with E-state index in [-0.39, 0.29) is 11.8 Å². The number of hydrogen-bond acceptors (Lipinski definition) is 3. The van der Waals surface area contributed by atoms with E-state index in [1.807, 2.05) is 44.2 Å². The summed E-state index contributed by atoms with van der Waals surface area (Å²) < 4.78 is 26.9. The average molecular weight is 440 g/mol. The average Bonchev–Trinajstić information content (AvgIpc) is 2.80. The Labute approximate surface area is 189 Å². The van der Waals surface area contributed by atoms with Crippen molar-refractivity contribution in [2.24, 2.45) is 5.92 Å². The van der Waals surface area contributed by atoms with Gasteiger partial charge < -0.3 is 10.2 Å². The van der Waals surface area contributed by atoms with Crippen LogP contribution in [0.3, 0.4) is 0 Å². The van der Waals surface area contributed by atoms with Gasteiger partial charge in [-0.3, -0.25) is 4.79 Å². The molecule has 1 saturated heterocycles. The van der Waals surface area contributed by atoms with Crippen molar-refractivity contribution in [1.82, 2.24) is 10.2 Å². The highest BCUT2D eigenvalue weighted by atomic mass is 19.2. The summed E-state index contributed by atoms with van der Waals surface area (Å²) in [7, 11) is 0. The quantitative estimate of drug-likeness (QED) is 0.603. The molecular weight excluding hydrogens is 408 g/mol. The van der Waals surface area contributed by atoms with Crippen molar-refractivity contribution in [3.8, 4) is 6.07 Å². The minimum atomic E-state index is -0.935. The second-order valence-corrected chi connectivity index (χ2v) is 8.94. The molecule has 2 aromatic rings. The number of amides is 1. The Morgan fingerprint density at radius 3 is 2.41 bits per heavy atom. The summed E-state index contributed by atoms with van der Waals surface area (Å²) in [6.07, 6.45) is 2.38. The van der Waals surface area contributed by atoms with Crippen LogP contribution in [0, 0.1) is 28.9 Å². The molecule has 0 aromatic heterocycles. The topological polar surface area (TPSA) is 56.1 Å². The smallest absolute Gasteiger partial charge is 0.227 e. The SMILES string of the molecule is CC(C)C(C(=O)NCCCN1CCC(C#N)(c2ccccc2)CC1)c1ccc(F)c(F)c1. The van der Waals surface area contributed by atoms with Crippen LogP contribution in [0.15, 0.2) is 48.5 Å². The van der Waals surface area contributed by atoms with Crippen molar-refractivity contribution in [2.45, 2.75) is 44.4 Å².